The third-order valence-electron chi connectivity index (χ3n) is 3.93. The van der Waals surface area contributed by atoms with Crippen molar-refractivity contribution in [1.29, 1.82) is 0 Å². The Morgan fingerprint density at radius 3 is 2.89 bits per heavy atom. The summed E-state index contributed by atoms with van der Waals surface area (Å²) in [4.78, 5) is 0. The van der Waals surface area contributed by atoms with E-state index in [4.69, 9.17) is 9.47 Å². The summed E-state index contributed by atoms with van der Waals surface area (Å²) >= 11 is 3.48. The third kappa shape index (κ3) is 2.29. The summed E-state index contributed by atoms with van der Waals surface area (Å²) in [5, 5.41) is 3.38. The van der Waals surface area contributed by atoms with E-state index in [2.05, 4.69) is 34.2 Å². The van der Waals surface area contributed by atoms with Crippen LogP contribution in [0.3, 0.4) is 0 Å². The van der Waals surface area contributed by atoms with Gasteiger partial charge >= 0.3 is 0 Å². The monoisotopic (exact) mass is 311 g/mol. The molecular formula is C14H18BrNO2. The molecule has 1 fully saturated rings. The van der Waals surface area contributed by atoms with Gasteiger partial charge < -0.3 is 14.8 Å². The number of benzene rings is 1. The molecule has 0 spiro atoms. The standard InChI is InChI=1S/C14H18BrNO2/c1-14(11-4-6-16-7-5-11)17-9-10-8-12(15)2-3-13(10)18-14/h2-3,8,11,16H,4-7,9H2,1H3. The van der Waals surface area contributed by atoms with Crippen LogP contribution in [-0.2, 0) is 11.3 Å². The summed E-state index contributed by atoms with van der Waals surface area (Å²) in [5.41, 5.74) is 1.12. The SMILES string of the molecule is CC1(C2CCNCC2)OCc2cc(Br)ccc2O1. The molecule has 0 bridgehead atoms. The number of fused-ring (bicyclic) bond motifs is 1. The van der Waals surface area contributed by atoms with Crippen molar-refractivity contribution in [2.24, 2.45) is 5.92 Å². The van der Waals surface area contributed by atoms with Crippen molar-refractivity contribution in [1.82, 2.24) is 5.32 Å². The molecule has 1 unspecified atom stereocenters. The highest BCUT2D eigenvalue weighted by Gasteiger charge is 2.41. The van der Waals surface area contributed by atoms with Gasteiger partial charge in [0.05, 0.1) is 6.61 Å². The predicted octanol–water partition coefficient (Wildman–Crippen LogP) is 3.07. The molecule has 0 aromatic heterocycles. The van der Waals surface area contributed by atoms with Gasteiger partial charge in [0.1, 0.15) is 5.75 Å². The van der Waals surface area contributed by atoms with Gasteiger partial charge in [0.2, 0.25) is 5.79 Å². The van der Waals surface area contributed by atoms with E-state index < -0.39 is 5.79 Å². The van der Waals surface area contributed by atoms with E-state index in [0.29, 0.717) is 12.5 Å². The fourth-order valence-electron chi connectivity index (χ4n) is 2.78. The second kappa shape index (κ2) is 4.83. The van der Waals surface area contributed by atoms with Crippen LogP contribution in [0, 0.1) is 5.92 Å². The van der Waals surface area contributed by atoms with Crippen molar-refractivity contribution in [3.8, 4) is 5.75 Å². The second-order valence-electron chi connectivity index (χ2n) is 5.18. The van der Waals surface area contributed by atoms with E-state index in [1.807, 2.05) is 12.1 Å². The lowest BCUT2D eigenvalue weighted by Crippen LogP contribution is -2.49. The lowest BCUT2D eigenvalue weighted by atomic mass is 9.89. The fraction of sp³-hybridized carbons (Fsp3) is 0.571. The Bertz CT molecular complexity index is 445. The molecule has 1 aromatic rings. The van der Waals surface area contributed by atoms with Crippen LogP contribution in [-0.4, -0.2) is 18.9 Å². The Balaban J connectivity index is 1.82. The number of hydrogen-bond donors (Lipinski definition) is 1. The van der Waals surface area contributed by atoms with Crippen LogP contribution >= 0.6 is 15.9 Å². The molecule has 2 aliphatic rings. The van der Waals surface area contributed by atoms with Crippen LogP contribution in [0.15, 0.2) is 22.7 Å². The highest BCUT2D eigenvalue weighted by molar-refractivity contribution is 9.10. The van der Waals surface area contributed by atoms with E-state index in [-0.39, 0.29) is 0 Å². The summed E-state index contributed by atoms with van der Waals surface area (Å²) < 4.78 is 13.2. The molecule has 1 saturated heterocycles. The molecule has 3 rings (SSSR count). The Morgan fingerprint density at radius 2 is 2.11 bits per heavy atom. The van der Waals surface area contributed by atoms with Crippen molar-refractivity contribution >= 4 is 15.9 Å². The van der Waals surface area contributed by atoms with Crippen molar-refractivity contribution in [3.05, 3.63) is 28.2 Å². The number of rotatable bonds is 1. The molecule has 4 heteroatoms. The van der Waals surface area contributed by atoms with Gasteiger partial charge in [-0.05, 0) is 44.1 Å². The molecule has 0 aliphatic carbocycles. The Kier molecular flexibility index (Phi) is 3.34. The lowest BCUT2D eigenvalue weighted by Gasteiger charge is -2.42. The zero-order valence-electron chi connectivity index (χ0n) is 10.5. The summed E-state index contributed by atoms with van der Waals surface area (Å²) in [6.45, 7) is 4.82. The molecule has 2 aliphatic heterocycles. The Morgan fingerprint density at radius 1 is 1.33 bits per heavy atom. The van der Waals surface area contributed by atoms with E-state index in [1.165, 1.54) is 0 Å². The van der Waals surface area contributed by atoms with Crippen molar-refractivity contribution in [2.75, 3.05) is 13.1 Å². The molecule has 18 heavy (non-hydrogen) atoms. The average Bonchev–Trinajstić information content (AvgIpc) is 2.40. The van der Waals surface area contributed by atoms with Crippen molar-refractivity contribution in [2.45, 2.75) is 32.2 Å². The van der Waals surface area contributed by atoms with Gasteiger partial charge in [-0.25, -0.2) is 0 Å². The van der Waals surface area contributed by atoms with Crippen LogP contribution in [0.4, 0.5) is 0 Å². The predicted molar refractivity (Wildman–Crippen MR) is 73.6 cm³/mol. The summed E-state index contributed by atoms with van der Waals surface area (Å²) in [6, 6.07) is 6.12. The Labute approximate surface area is 116 Å². The molecule has 1 N–H and O–H groups in total. The Hall–Kier alpha value is -0.580. The van der Waals surface area contributed by atoms with Gasteiger partial charge in [0.15, 0.2) is 0 Å². The van der Waals surface area contributed by atoms with E-state index in [9.17, 15) is 0 Å². The van der Waals surface area contributed by atoms with Gasteiger partial charge in [-0.15, -0.1) is 0 Å². The molecular weight excluding hydrogens is 294 g/mol. The zero-order chi connectivity index (χ0) is 12.6. The van der Waals surface area contributed by atoms with Crippen LogP contribution in [0.1, 0.15) is 25.3 Å². The molecule has 0 radical (unpaired) electrons. The van der Waals surface area contributed by atoms with Gasteiger partial charge in [-0.3, -0.25) is 0 Å². The van der Waals surface area contributed by atoms with Crippen LogP contribution in [0.2, 0.25) is 0 Å². The topological polar surface area (TPSA) is 30.5 Å². The smallest absolute Gasteiger partial charge is 0.210 e. The highest BCUT2D eigenvalue weighted by Crippen LogP contribution is 2.39. The van der Waals surface area contributed by atoms with Gasteiger partial charge in [0, 0.05) is 22.9 Å². The number of hydrogen-bond acceptors (Lipinski definition) is 3. The number of piperidine rings is 1. The molecule has 0 amide bonds. The second-order valence-corrected chi connectivity index (χ2v) is 6.10. The molecule has 98 valence electrons. The van der Waals surface area contributed by atoms with Crippen molar-refractivity contribution in [3.63, 3.8) is 0 Å². The fourth-order valence-corrected chi connectivity index (χ4v) is 3.19. The minimum absolute atomic E-state index is 0.468. The van der Waals surface area contributed by atoms with Crippen LogP contribution in [0.5, 0.6) is 5.75 Å². The molecule has 0 saturated carbocycles. The maximum absolute atomic E-state index is 6.14. The average molecular weight is 312 g/mol. The lowest BCUT2D eigenvalue weighted by molar-refractivity contribution is -0.230. The first-order valence-corrected chi connectivity index (χ1v) is 7.29. The molecule has 1 atom stereocenters. The maximum atomic E-state index is 6.14. The maximum Gasteiger partial charge on any atom is 0.210 e. The quantitative estimate of drug-likeness (QED) is 0.864. The number of ether oxygens (including phenoxy) is 2. The minimum atomic E-state index is -0.469. The third-order valence-corrected chi connectivity index (χ3v) is 4.42. The molecule has 3 nitrogen and oxygen atoms in total. The number of halogens is 1. The van der Waals surface area contributed by atoms with Crippen molar-refractivity contribution < 1.29 is 9.47 Å². The van der Waals surface area contributed by atoms with E-state index in [0.717, 1.165) is 41.7 Å². The van der Waals surface area contributed by atoms with Gasteiger partial charge in [-0.1, -0.05) is 15.9 Å². The minimum Gasteiger partial charge on any atom is -0.462 e. The first-order valence-electron chi connectivity index (χ1n) is 6.49. The number of nitrogens with one attached hydrogen (secondary N) is 1. The zero-order valence-corrected chi connectivity index (χ0v) is 12.1. The van der Waals surface area contributed by atoms with Gasteiger partial charge in [-0.2, -0.15) is 0 Å². The largest absolute Gasteiger partial charge is 0.462 e. The van der Waals surface area contributed by atoms with E-state index >= 15 is 0 Å². The highest BCUT2D eigenvalue weighted by atomic mass is 79.9. The van der Waals surface area contributed by atoms with E-state index in [1.54, 1.807) is 0 Å². The first kappa shape index (κ1) is 12.5. The normalized spacial score (nSPS) is 28.6. The molecule has 1 aromatic carbocycles. The summed E-state index contributed by atoms with van der Waals surface area (Å²) in [5.74, 6) is 0.962. The van der Waals surface area contributed by atoms with Gasteiger partial charge in [0.25, 0.3) is 0 Å². The first-order chi connectivity index (χ1) is 8.67. The summed E-state index contributed by atoms with van der Waals surface area (Å²) in [7, 11) is 0. The van der Waals surface area contributed by atoms with Crippen LogP contribution in [0.25, 0.3) is 0 Å². The molecule has 2 heterocycles. The van der Waals surface area contributed by atoms with Crippen LogP contribution < -0.4 is 10.1 Å². The summed E-state index contributed by atoms with van der Waals surface area (Å²) in [6.07, 6.45) is 2.23.